The van der Waals surface area contributed by atoms with E-state index in [9.17, 15) is 9.59 Å². The Kier molecular flexibility index (Phi) is 8.28. The van der Waals surface area contributed by atoms with Gasteiger partial charge in [-0.3, -0.25) is 9.59 Å². The van der Waals surface area contributed by atoms with Crippen molar-refractivity contribution in [3.8, 4) is 0 Å². The number of benzene rings is 2. The number of anilines is 1. The highest BCUT2D eigenvalue weighted by atomic mass is 32.2. The lowest BCUT2D eigenvalue weighted by atomic mass is 10.0. The number of rotatable bonds is 9. The van der Waals surface area contributed by atoms with Crippen molar-refractivity contribution in [3.05, 3.63) is 65.2 Å². The van der Waals surface area contributed by atoms with Gasteiger partial charge in [0.2, 0.25) is 5.91 Å². The van der Waals surface area contributed by atoms with Crippen molar-refractivity contribution >= 4 is 52.2 Å². The average molecular weight is 472 g/mol. The molecule has 3 rings (SSSR count). The third-order valence-electron chi connectivity index (χ3n) is 4.58. The number of nitrogens with one attached hydrogen (secondary N) is 1. The second-order valence-corrected chi connectivity index (χ2v) is 11.2. The van der Waals surface area contributed by atoms with Crippen LogP contribution in [0.4, 0.5) is 5.69 Å². The van der Waals surface area contributed by atoms with E-state index in [0.717, 1.165) is 14.4 Å². The minimum absolute atomic E-state index is 0.0340. The minimum Gasteiger partial charge on any atom is -0.325 e. The van der Waals surface area contributed by atoms with Crippen LogP contribution >= 0.6 is 34.9 Å². The summed E-state index contributed by atoms with van der Waals surface area (Å²) in [6, 6.07) is 15.6. The lowest BCUT2D eigenvalue weighted by Crippen LogP contribution is -2.22. The molecule has 0 fully saturated rings. The molecule has 5 nitrogen and oxygen atoms in total. The summed E-state index contributed by atoms with van der Waals surface area (Å²) < 4.78 is 1.65. The lowest BCUT2D eigenvalue weighted by Gasteiger charge is -2.10. The summed E-state index contributed by atoms with van der Waals surface area (Å²) in [6.45, 7) is 7.72. The van der Waals surface area contributed by atoms with Gasteiger partial charge in [0.05, 0.1) is 5.25 Å². The van der Waals surface area contributed by atoms with Crippen LogP contribution in [0.2, 0.25) is 0 Å². The first-order valence-electron chi connectivity index (χ1n) is 9.95. The van der Waals surface area contributed by atoms with Crippen LogP contribution < -0.4 is 5.32 Å². The van der Waals surface area contributed by atoms with Crippen LogP contribution in [0, 0.1) is 0 Å². The Morgan fingerprint density at radius 1 is 1.03 bits per heavy atom. The molecule has 0 radical (unpaired) electrons. The highest BCUT2D eigenvalue weighted by molar-refractivity contribution is 8.03. The topological polar surface area (TPSA) is 72.0 Å². The Morgan fingerprint density at radius 2 is 1.74 bits per heavy atom. The molecule has 1 heterocycles. The van der Waals surface area contributed by atoms with Crippen molar-refractivity contribution in [2.45, 2.75) is 53.3 Å². The number of carbonyl (C=O) groups excluding carboxylic acids is 2. The SMILES string of the molecule is CC(=O)c1cccc(NC(=O)C(C)Sc2nnc(SCc3ccc(C(C)C)cc3)s2)c1. The minimum atomic E-state index is -0.338. The summed E-state index contributed by atoms with van der Waals surface area (Å²) in [7, 11) is 0. The van der Waals surface area contributed by atoms with Crippen LogP contribution in [-0.4, -0.2) is 27.1 Å². The van der Waals surface area contributed by atoms with Crippen LogP contribution in [0.1, 0.15) is 55.1 Å². The predicted molar refractivity (Wildman–Crippen MR) is 130 cm³/mol. The molecule has 1 unspecified atom stereocenters. The summed E-state index contributed by atoms with van der Waals surface area (Å²) >= 11 is 4.53. The number of nitrogens with zero attached hydrogens (tertiary/aromatic N) is 2. The summed E-state index contributed by atoms with van der Waals surface area (Å²) in [5, 5.41) is 11.0. The van der Waals surface area contributed by atoms with Crippen molar-refractivity contribution in [2.75, 3.05) is 5.32 Å². The highest BCUT2D eigenvalue weighted by Crippen LogP contribution is 2.33. The molecule has 1 atom stereocenters. The van der Waals surface area contributed by atoms with E-state index in [1.165, 1.54) is 41.1 Å². The van der Waals surface area contributed by atoms with Crippen molar-refractivity contribution in [2.24, 2.45) is 0 Å². The van der Waals surface area contributed by atoms with Gasteiger partial charge in [0.25, 0.3) is 0 Å². The molecule has 1 N–H and O–H groups in total. The smallest absolute Gasteiger partial charge is 0.237 e. The van der Waals surface area contributed by atoms with Crippen LogP contribution in [0.5, 0.6) is 0 Å². The first kappa shape index (κ1) is 23.5. The zero-order valence-electron chi connectivity index (χ0n) is 17.9. The maximum absolute atomic E-state index is 12.5. The van der Waals surface area contributed by atoms with E-state index in [-0.39, 0.29) is 16.9 Å². The van der Waals surface area contributed by atoms with E-state index in [2.05, 4.69) is 53.6 Å². The molecule has 162 valence electrons. The first-order chi connectivity index (χ1) is 14.8. The van der Waals surface area contributed by atoms with Crippen molar-refractivity contribution in [3.63, 3.8) is 0 Å². The first-order valence-corrected chi connectivity index (χ1v) is 12.6. The number of thioether (sulfide) groups is 2. The molecule has 0 saturated carbocycles. The Morgan fingerprint density at radius 3 is 2.42 bits per heavy atom. The molecule has 1 amide bonds. The molecular weight excluding hydrogens is 446 g/mol. The molecule has 2 aromatic carbocycles. The van der Waals surface area contributed by atoms with Crippen LogP contribution in [0.25, 0.3) is 0 Å². The normalized spacial score (nSPS) is 12.0. The van der Waals surface area contributed by atoms with E-state index in [1.807, 2.05) is 6.92 Å². The summed E-state index contributed by atoms with van der Waals surface area (Å²) in [6.07, 6.45) is 0. The molecule has 31 heavy (non-hydrogen) atoms. The summed E-state index contributed by atoms with van der Waals surface area (Å²) in [5.41, 5.74) is 3.77. The van der Waals surface area contributed by atoms with Gasteiger partial charge in [-0.2, -0.15) is 0 Å². The molecule has 0 spiro atoms. The number of carbonyl (C=O) groups is 2. The van der Waals surface area contributed by atoms with E-state index < -0.39 is 0 Å². The van der Waals surface area contributed by atoms with Crippen molar-refractivity contribution in [1.82, 2.24) is 10.2 Å². The third kappa shape index (κ3) is 6.92. The van der Waals surface area contributed by atoms with Gasteiger partial charge in [-0.15, -0.1) is 10.2 Å². The maximum Gasteiger partial charge on any atom is 0.237 e. The standard InChI is InChI=1S/C23H25N3O2S3/c1-14(2)18-10-8-17(9-11-18)13-29-22-25-26-23(31-22)30-16(4)21(28)24-20-7-5-6-19(12-20)15(3)27/h5-12,14,16H,13H2,1-4H3,(H,24,28). The highest BCUT2D eigenvalue weighted by Gasteiger charge is 2.18. The number of hydrogen-bond acceptors (Lipinski definition) is 7. The Hall–Kier alpha value is -2.16. The van der Waals surface area contributed by atoms with Crippen LogP contribution in [0.15, 0.2) is 57.2 Å². The fourth-order valence-corrected chi connectivity index (χ4v) is 5.83. The average Bonchev–Trinajstić information content (AvgIpc) is 3.20. The van der Waals surface area contributed by atoms with Crippen molar-refractivity contribution in [1.29, 1.82) is 0 Å². The molecule has 0 aliphatic heterocycles. The maximum atomic E-state index is 12.5. The van der Waals surface area contributed by atoms with Gasteiger partial charge in [0, 0.05) is 17.0 Å². The molecule has 8 heteroatoms. The number of aromatic nitrogens is 2. The van der Waals surface area contributed by atoms with Gasteiger partial charge in [-0.25, -0.2) is 0 Å². The van der Waals surface area contributed by atoms with Gasteiger partial charge in [0.1, 0.15) is 0 Å². The second kappa shape index (κ2) is 10.9. The van der Waals surface area contributed by atoms with Gasteiger partial charge in [-0.1, -0.05) is 85.1 Å². The Bertz CT molecular complexity index is 1050. The molecule has 0 saturated heterocycles. The third-order valence-corrected chi connectivity index (χ3v) is 7.89. The van der Waals surface area contributed by atoms with E-state index in [1.54, 1.807) is 36.0 Å². The molecule has 0 bridgehead atoms. The fraction of sp³-hybridized carbons (Fsp3) is 0.304. The number of hydrogen-bond donors (Lipinski definition) is 1. The number of Topliss-reactive ketones (excluding diaryl/α,β-unsaturated/α-hetero) is 1. The van der Waals surface area contributed by atoms with E-state index in [4.69, 9.17) is 0 Å². The molecular formula is C23H25N3O2S3. The predicted octanol–water partition coefficient (Wildman–Crippen LogP) is 6.28. The zero-order valence-corrected chi connectivity index (χ0v) is 20.4. The summed E-state index contributed by atoms with van der Waals surface area (Å²) in [5.74, 6) is 1.19. The largest absolute Gasteiger partial charge is 0.325 e. The van der Waals surface area contributed by atoms with Gasteiger partial charge in [-0.05, 0) is 43.0 Å². The van der Waals surface area contributed by atoms with E-state index >= 15 is 0 Å². The number of ketones is 1. The second-order valence-electron chi connectivity index (χ2n) is 7.41. The monoisotopic (exact) mass is 471 g/mol. The quantitative estimate of drug-likeness (QED) is 0.293. The number of amides is 1. The Balaban J connectivity index is 1.52. The van der Waals surface area contributed by atoms with Gasteiger partial charge in [0.15, 0.2) is 14.5 Å². The molecule has 0 aliphatic rings. The molecule has 0 aliphatic carbocycles. The van der Waals surface area contributed by atoms with Crippen LogP contribution in [0.3, 0.4) is 0 Å². The summed E-state index contributed by atoms with van der Waals surface area (Å²) in [4.78, 5) is 24.0. The Labute approximate surface area is 195 Å². The van der Waals surface area contributed by atoms with Gasteiger partial charge < -0.3 is 5.32 Å². The van der Waals surface area contributed by atoms with E-state index in [0.29, 0.717) is 17.2 Å². The molecule has 3 aromatic rings. The lowest BCUT2D eigenvalue weighted by molar-refractivity contribution is -0.115. The zero-order chi connectivity index (χ0) is 22.4. The fourth-order valence-electron chi connectivity index (χ4n) is 2.71. The van der Waals surface area contributed by atoms with Crippen molar-refractivity contribution < 1.29 is 9.59 Å². The molecule has 1 aromatic heterocycles. The van der Waals surface area contributed by atoms with Gasteiger partial charge >= 0.3 is 0 Å². The van der Waals surface area contributed by atoms with Crippen LogP contribution in [-0.2, 0) is 10.5 Å².